The number of piperazine rings is 1. The maximum absolute atomic E-state index is 12.8. The Labute approximate surface area is 151 Å². The average Bonchev–Trinajstić information content (AvgIpc) is 3.05. The molecule has 0 saturated carbocycles. The number of aryl methyl sites for hydroxylation is 4. The van der Waals surface area contributed by atoms with Crippen LogP contribution in [0.15, 0.2) is 6.20 Å². The van der Waals surface area contributed by atoms with Crippen LogP contribution >= 0.6 is 0 Å². The molecule has 1 amide bonds. The summed E-state index contributed by atoms with van der Waals surface area (Å²) in [6.07, 6.45) is 2.01. The van der Waals surface area contributed by atoms with Gasteiger partial charge < -0.3 is 4.90 Å². The summed E-state index contributed by atoms with van der Waals surface area (Å²) in [5.74, 6) is -0.336. The van der Waals surface area contributed by atoms with E-state index in [4.69, 9.17) is 0 Å². The Morgan fingerprint density at radius 1 is 1.15 bits per heavy atom. The molecule has 2 aromatic rings. The van der Waals surface area contributed by atoms with Crippen LogP contribution in [0.1, 0.15) is 27.4 Å². The minimum atomic E-state index is -0.531. The third-order valence-electron chi connectivity index (χ3n) is 4.74. The van der Waals surface area contributed by atoms with E-state index in [1.165, 1.54) is 10.2 Å². The highest BCUT2D eigenvalue weighted by Gasteiger charge is 2.33. The van der Waals surface area contributed by atoms with Crippen molar-refractivity contribution in [2.45, 2.75) is 20.4 Å². The number of aromatic nitrogens is 4. The van der Waals surface area contributed by atoms with Gasteiger partial charge in [0.1, 0.15) is 5.69 Å². The molecule has 1 aliphatic rings. The molecule has 0 radical (unpaired) electrons. The first kappa shape index (κ1) is 18.1. The Kier molecular flexibility index (Phi) is 4.77. The predicted octanol–water partition coefficient (Wildman–Crippen LogP) is 0.637. The second-order valence-corrected chi connectivity index (χ2v) is 6.65. The van der Waals surface area contributed by atoms with Gasteiger partial charge in [0, 0.05) is 58.6 Å². The van der Waals surface area contributed by atoms with Gasteiger partial charge in [-0.25, -0.2) is 0 Å². The Bertz CT molecular complexity index is 846. The summed E-state index contributed by atoms with van der Waals surface area (Å²) in [7, 11) is 3.46. The van der Waals surface area contributed by atoms with Crippen LogP contribution in [0.3, 0.4) is 0 Å². The minimum absolute atomic E-state index is 0.0454. The molecule has 0 unspecified atom stereocenters. The van der Waals surface area contributed by atoms with Crippen LogP contribution in [0, 0.1) is 24.0 Å². The summed E-state index contributed by atoms with van der Waals surface area (Å²) in [4.78, 5) is 27.5. The lowest BCUT2D eigenvalue weighted by Gasteiger charge is -2.34. The van der Waals surface area contributed by atoms with Crippen molar-refractivity contribution < 1.29 is 9.72 Å². The number of hydrogen-bond donors (Lipinski definition) is 0. The van der Waals surface area contributed by atoms with E-state index in [9.17, 15) is 14.9 Å². The van der Waals surface area contributed by atoms with Gasteiger partial charge in [-0.3, -0.25) is 29.2 Å². The van der Waals surface area contributed by atoms with Gasteiger partial charge in [-0.2, -0.15) is 10.2 Å². The van der Waals surface area contributed by atoms with Gasteiger partial charge in [-0.1, -0.05) is 0 Å². The second kappa shape index (κ2) is 6.87. The number of carbonyl (C=O) groups excluding carboxylic acids is 1. The second-order valence-electron chi connectivity index (χ2n) is 6.65. The molecule has 0 atom stereocenters. The zero-order chi connectivity index (χ0) is 19.0. The maximum Gasteiger partial charge on any atom is 0.322 e. The lowest BCUT2D eigenvalue weighted by Crippen LogP contribution is -2.48. The van der Waals surface area contributed by atoms with Gasteiger partial charge in [0.05, 0.1) is 10.6 Å². The minimum Gasteiger partial charge on any atom is -0.335 e. The first-order valence-corrected chi connectivity index (χ1v) is 8.46. The average molecular weight is 361 g/mol. The molecule has 140 valence electrons. The molecule has 1 saturated heterocycles. The van der Waals surface area contributed by atoms with Crippen LogP contribution in [0.2, 0.25) is 0 Å². The summed E-state index contributed by atoms with van der Waals surface area (Å²) in [5, 5.41) is 19.7. The van der Waals surface area contributed by atoms with E-state index >= 15 is 0 Å². The molecule has 0 aliphatic carbocycles. The Balaban J connectivity index is 1.68. The largest absolute Gasteiger partial charge is 0.335 e. The van der Waals surface area contributed by atoms with Gasteiger partial charge in [-0.05, 0) is 13.8 Å². The number of amides is 1. The summed E-state index contributed by atoms with van der Waals surface area (Å²) in [5.41, 5.74) is 2.28. The molecular formula is C16H23N7O3. The van der Waals surface area contributed by atoms with Crippen molar-refractivity contribution in [1.29, 1.82) is 0 Å². The quantitative estimate of drug-likeness (QED) is 0.585. The predicted molar refractivity (Wildman–Crippen MR) is 93.7 cm³/mol. The first-order valence-electron chi connectivity index (χ1n) is 8.46. The topological polar surface area (TPSA) is 102 Å². The maximum atomic E-state index is 12.8. The van der Waals surface area contributed by atoms with Crippen molar-refractivity contribution in [3.05, 3.63) is 39.0 Å². The third-order valence-corrected chi connectivity index (χ3v) is 4.74. The van der Waals surface area contributed by atoms with Crippen LogP contribution in [0.5, 0.6) is 0 Å². The molecular weight excluding hydrogens is 338 g/mol. The fourth-order valence-electron chi connectivity index (χ4n) is 3.41. The lowest BCUT2D eigenvalue weighted by atomic mass is 10.2. The molecule has 1 aliphatic heterocycles. The smallest absolute Gasteiger partial charge is 0.322 e. The zero-order valence-corrected chi connectivity index (χ0v) is 15.5. The number of nitro groups is 1. The van der Waals surface area contributed by atoms with Crippen LogP contribution in [-0.4, -0.2) is 66.4 Å². The molecule has 26 heavy (non-hydrogen) atoms. The number of rotatable bonds is 4. The molecule has 0 bridgehead atoms. The van der Waals surface area contributed by atoms with Gasteiger partial charge in [0.15, 0.2) is 0 Å². The van der Waals surface area contributed by atoms with Crippen molar-refractivity contribution in [2.24, 2.45) is 14.1 Å². The lowest BCUT2D eigenvalue weighted by molar-refractivity contribution is -0.385. The summed E-state index contributed by atoms with van der Waals surface area (Å²) >= 11 is 0. The van der Waals surface area contributed by atoms with E-state index in [2.05, 4.69) is 15.1 Å². The first-order chi connectivity index (χ1) is 12.3. The zero-order valence-electron chi connectivity index (χ0n) is 15.5. The van der Waals surface area contributed by atoms with E-state index in [-0.39, 0.29) is 23.0 Å². The molecule has 2 aromatic heterocycles. The summed E-state index contributed by atoms with van der Waals surface area (Å²) in [6.45, 7) is 6.79. The van der Waals surface area contributed by atoms with E-state index in [1.807, 2.05) is 20.2 Å². The summed E-state index contributed by atoms with van der Waals surface area (Å²) in [6, 6.07) is 0. The fraction of sp³-hybridized carbons (Fsp3) is 0.562. The molecule has 10 nitrogen and oxygen atoms in total. The molecule has 0 aromatic carbocycles. The molecule has 0 spiro atoms. The molecule has 3 rings (SSSR count). The van der Waals surface area contributed by atoms with Gasteiger partial charge in [0.2, 0.25) is 5.69 Å². The highest BCUT2D eigenvalue weighted by Crippen LogP contribution is 2.24. The summed E-state index contributed by atoms with van der Waals surface area (Å²) < 4.78 is 3.11. The van der Waals surface area contributed by atoms with Gasteiger partial charge >= 0.3 is 5.69 Å². The fourth-order valence-corrected chi connectivity index (χ4v) is 3.41. The van der Waals surface area contributed by atoms with Crippen molar-refractivity contribution in [2.75, 3.05) is 26.2 Å². The molecule has 1 fully saturated rings. The highest BCUT2D eigenvalue weighted by atomic mass is 16.6. The monoisotopic (exact) mass is 361 g/mol. The normalized spacial score (nSPS) is 15.5. The van der Waals surface area contributed by atoms with Crippen LogP contribution in [0.4, 0.5) is 5.69 Å². The van der Waals surface area contributed by atoms with Gasteiger partial charge in [0.25, 0.3) is 5.91 Å². The third kappa shape index (κ3) is 3.32. The van der Waals surface area contributed by atoms with Crippen molar-refractivity contribution in [1.82, 2.24) is 29.4 Å². The number of nitrogens with zero attached hydrogens (tertiary/aromatic N) is 7. The van der Waals surface area contributed by atoms with Crippen LogP contribution in [0.25, 0.3) is 0 Å². The van der Waals surface area contributed by atoms with Crippen molar-refractivity contribution in [3.8, 4) is 0 Å². The van der Waals surface area contributed by atoms with E-state index in [1.54, 1.807) is 23.6 Å². The van der Waals surface area contributed by atoms with Gasteiger partial charge in [-0.15, -0.1) is 0 Å². The van der Waals surface area contributed by atoms with Crippen LogP contribution < -0.4 is 0 Å². The van der Waals surface area contributed by atoms with Crippen molar-refractivity contribution >= 4 is 11.6 Å². The standard InChI is InChI=1S/C16H23N7O3/c1-11-13(9-19(3)17-11)10-21-5-7-22(8-6-21)16(24)15-14(23(25)26)12(2)18-20(15)4/h9H,5-8,10H2,1-4H3. The molecule has 3 heterocycles. The Morgan fingerprint density at radius 3 is 2.35 bits per heavy atom. The van der Waals surface area contributed by atoms with Crippen LogP contribution in [-0.2, 0) is 20.6 Å². The SMILES string of the molecule is Cc1nn(C)cc1CN1CCN(C(=O)c2c([N+](=O)[O-])c(C)nn2C)CC1. The Hall–Kier alpha value is -2.75. The van der Waals surface area contributed by atoms with E-state index in [0.717, 1.165) is 12.2 Å². The molecule has 10 heteroatoms. The molecule has 0 N–H and O–H groups in total. The number of carbonyl (C=O) groups is 1. The van der Waals surface area contributed by atoms with E-state index < -0.39 is 4.92 Å². The van der Waals surface area contributed by atoms with Crippen molar-refractivity contribution in [3.63, 3.8) is 0 Å². The van der Waals surface area contributed by atoms with E-state index in [0.29, 0.717) is 26.2 Å². The highest BCUT2D eigenvalue weighted by molar-refractivity contribution is 5.97. The number of hydrogen-bond acceptors (Lipinski definition) is 6. The Morgan fingerprint density at radius 2 is 1.81 bits per heavy atom.